The number of hydrogen-bond acceptors (Lipinski definition) is 6. The van der Waals surface area contributed by atoms with Crippen LogP contribution in [0.3, 0.4) is 0 Å². The highest BCUT2D eigenvalue weighted by Gasteiger charge is 2.49. The maximum atomic E-state index is 6.06. The van der Waals surface area contributed by atoms with Gasteiger partial charge >= 0.3 is 0 Å². The number of aromatic nitrogens is 4. The number of nitrogens with zero attached hydrogens (tertiary/aromatic N) is 4. The Labute approximate surface area is 121 Å². The monoisotopic (exact) mass is 287 g/mol. The summed E-state index contributed by atoms with van der Waals surface area (Å²) in [6, 6.07) is -0.00363. The van der Waals surface area contributed by atoms with Crippen LogP contribution in [-0.4, -0.2) is 37.5 Å². The molecular weight excluding hydrogens is 270 g/mol. The van der Waals surface area contributed by atoms with E-state index in [1.165, 1.54) is 11.9 Å². The van der Waals surface area contributed by atoms with E-state index < -0.39 is 5.79 Å². The lowest BCUT2D eigenvalue weighted by Gasteiger charge is -2.21. The van der Waals surface area contributed by atoms with Crippen molar-refractivity contribution in [2.45, 2.75) is 44.8 Å². The molecule has 0 bridgehead atoms. The van der Waals surface area contributed by atoms with Gasteiger partial charge in [0.25, 0.3) is 0 Å². The Morgan fingerprint density at radius 1 is 1.24 bits per heavy atom. The predicted molar refractivity (Wildman–Crippen MR) is 76.4 cm³/mol. The van der Waals surface area contributed by atoms with Crippen molar-refractivity contribution in [3.05, 3.63) is 24.3 Å². The summed E-state index contributed by atoms with van der Waals surface area (Å²) in [5.41, 5.74) is 8.34. The summed E-state index contributed by atoms with van der Waals surface area (Å²) in [5, 5.41) is 0. The molecule has 1 aliphatic carbocycles. The minimum atomic E-state index is -0.576. The molecule has 3 atom stereocenters. The Bertz CT molecular complexity index is 751. The van der Waals surface area contributed by atoms with Gasteiger partial charge in [-0.3, -0.25) is 0 Å². The number of anilines is 1. The average Bonchev–Trinajstić information content (AvgIpc) is 3.04. The van der Waals surface area contributed by atoms with E-state index in [-0.39, 0.29) is 18.2 Å². The molecule has 0 amide bonds. The van der Waals surface area contributed by atoms with Crippen molar-refractivity contribution in [3.8, 4) is 0 Å². The Kier molecular flexibility index (Phi) is 2.44. The molecule has 0 spiro atoms. The highest BCUT2D eigenvalue weighted by Crippen LogP contribution is 2.43. The number of nitrogens with two attached hydrogens (primary N) is 1. The first-order chi connectivity index (χ1) is 9.96. The van der Waals surface area contributed by atoms with E-state index in [4.69, 9.17) is 15.2 Å². The fourth-order valence-corrected chi connectivity index (χ4v) is 3.18. The largest absolute Gasteiger partial charge is 0.382 e. The lowest BCUT2D eigenvalue weighted by molar-refractivity contribution is -0.147. The number of hydrogen-bond donors (Lipinski definition) is 1. The van der Waals surface area contributed by atoms with Crippen LogP contribution in [0.15, 0.2) is 24.3 Å². The quantitative estimate of drug-likeness (QED) is 0.798. The molecule has 110 valence electrons. The predicted octanol–water partition coefficient (Wildman–Crippen LogP) is 1.43. The van der Waals surface area contributed by atoms with Crippen molar-refractivity contribution < 1.29 is 9.47 Å². The minimum absolute atomic E-state index is 0.00363. The molecule has 4 rings (SSSR count). The van der Waals surface area contributed by atoms with E-state index in [1.54, 1.807) is 6.33 Å². The molecule has 21 heavy (non-hydrogen) atoms. The summed E-state index contributed by atoms with van der Waals surface area (Å²) in [5.74, 6) is -0.189. The van der Waals surface area contributed by atoms with E-state index in [2.05, 4.69) is 28.0 Å². The van der Waals surface area contributed by atoms with Crippen molar-refractivity contribution in [3.63, 3.8) is 0 Å². The third kappa shape index (κ3) is 1.77. The first kappa shape index (κ1) is 12.7. The average molecular weight is 287 g/mol. The molecule has 2 aromatic heterocycles. The zero-order valence-corrected chi connectivity index (χ0v) is 12.1. The number of ether oxygens (including phenoxy) is 2. The summed E-state index contributed by atoms with van der Waals surface area (Å²) in [7, 11) is 0. The molecular formula is C14H17N5O2. The fraction of sp³-hybridized carbons (Fsp3) is 0.500. The van der Waals surface area contributed by atoms with Gasteiger partial charge in [0.15, 0.2) is 17.3 Å². The molecule has 0 unspecified atom stereocenters. The smallest absolute Gasteiger partial charge is 0.166 e. The number of rotatable bonds is 1. The van der Waals surface area contributed by atoms with Gasteiger partial charge < -0.3 is 19.8 Å². The van der Waals surface area contributed by atoms with Gasteiger partial charge in [-0.25, -0.2) is 15.0 Å². The minimum Gasteiger partial charge on any atom is -0.382 e. The van der Waals surface area contributed by atoms with Crippen molar-refractivity contribution >= 4 is 17.0 Å². The van der Waals surface area contributed by atoms with E-state index in [0.717, 1.165) is 0 Å². The van der Waals surface area contributed by atoms with Crippen LogP contribution < -0.4 is 5.73 Å². The zero-order chi connectivity index (χ0) is 14.8. The molecule has 0 radical (unpaired) electrons. The molecule has 2 aliphatic rings. The van der Waals surface area contributed by atoms with Gasteiger partial charge in [-0.15, -0.1) is 0 Å². The van der Waals surface area contributed by atoms with Gasteiger partial charge in [-0.2, -0.15) is 0 Å². The lowest BCUT2D eigenvalue weighted by atomic mass is 10.1. The highest BCUT2D eigenvalue weighted by atomic mass is 16.8. The summed E-state index contributed by atoms with van der Waals surface area (Å²) >= 11 is 0. The second kappa shape index (κ2) is 4.02. The molecule has 0 saturated carbocycles. The zero-order valence-electron chi connectivity index (χ0n) is 12.1. The van der Waals surface area contributed by atoms with E-state index >= 15 is 0 Å². The molecule has 7 nitrogen and oxygen atoms in total. The SMILES string of the molecule is CC1=C[C@@H](n2cnc3c(N)ncnc32)[C@@H]2OC(C)(C)O[C@H]12. The molecule has 1 saturated heterocycles. The Hall–Kier alpha value is -1.99. The van der Waals surface area contributed by atoms with Crippen molar-refractivity contribution in [1.29, 1.82) is 0 Å². The first-order valence-corrected chi connectivity index (χ1v) is 6.93. The molecule has 0 aromatic carbocycles. The summed E-state index contributed by atoms with van der Waals surface area (Å²) in [6.07, 6.45) is 5.23. The Morgan fingerprint density at radius 3 is 2.86 bits per heavy atom. The third-order valence-electron chi connectivity index (χ3n) is 4.06. The first-order valence-electron chi connectivity index (χ1n) is 6.93. The van der Waals surface area contributed by atoms with Crippen LogP contribution in [0.2, 0.25) is 0 Å². The number of imidazole rings is 1. The van der Waals surface area contributed by atoms with Gasteiger partial charge in [0, 0.05) is 0 Å². The maximum absolute atomic E-state index is 6.06. The van der Waals surface area contributed by atoms with Crippen LogP contribution in [0.25, 0.3) is 11.2 Å². The van der Waals surface area contributed by atoms with E-state index in [9.17, 15) is 0 Å². The molecule has 1 fully saturated rings. The lowest BCUT2D eigenvalue weighted by Crippen LogP contribution is -2.27. The third-order valence-corrected chi connectivity index (χ3v) is 4.06. The fourth-order valence-electron chi connectivity index (χ4n) is 3.18. The second-order valence-electron chi connectivity index (χ2n) is 6.00. The summed E-state index contributed by atoms with van der Waals surface area (Å²) in [4.78, 5) is 12.6. The number of fused-ring (bicyclic) bond motifs is 2. The molecule has 1 aliphatic heterocycles. The van der Waals surface area contributed by atoms with Crippen LogP contribution in [0.4, 0.5) is 5.82 Å². The number of nitrogen functional groups attached to an aromatic ring is 1. The summed E-state index contributed by atoms with van der Waals surface area (Å²) in [6.45, 7) is 5.93. The summed E-state index contributed by atoms with van der Waals surface area (Å²) < 4.78 is 14.0. The van der Waals surface area contributed by atoms with Gasteiger partial charge in [-0.1, -0.05) is 6.08 Å². The van der Waals surface area contributed by atoms with Gasteiger partial charge in [-0.05, 0) is 26.3 Å². The highest BCUT2D eigenvalue weighted by molar-refractivity contribution is 5.81. The standard InChI is InChI=1S/C14H17N5O2/c1-7-4-8(11-10(7)20-14(2,3)21-11)19-6-18-9-12(15)16-5-17-13(9)19/h4-6,8,10-11H,1-3H3,(H2,15,16,17)/t8-,10-,11+/m1/s1. The van der Waals surface area contributed by atoms with E-state index in [1.807, 2.05) is 18.4 Å². The van der Waals surface area contributed by atoms with Crippen LogP contribution in [0.1, 0.15) is 26.8 Å². The van der Waals surface area contributed by atoms with Gasteiger partial charge in [0.05, 0.1) is 12.4 Å². The van der Waals surface area contributed by atoms with Crippen molar-refractivity contribution in [1.82, 2.24) is 19.5 Å². The molecule has 7 heteroatoms. The van der Waals surface area contributed by atoms with Crippen molar-refractivity contribution in [2.24, 2.45) is 0 Å². The van der Waals surface area contributed by atoms with Crippen LogP contribution in [-0.2, 0) is 9.47 Å². The Balaban J connectivity index is 1.81. The van der Waals surface area contributed by atoms with Gasteiger partial charge in [0.1, 0.15) is 24.1 Å². The maximum Gasteiger partial charge on any atom is 0.166 e. The van der Waals surface area contributed by atoms with Crippen LogP contribution in [0, 0.1) is 0 Å². The molecule has 2 aromatic rings. The molecule has 2 N–H and O–H groups in total. The van der Waals surface area contributed by atoms with E-state index in [0.29, 0.717) is 17.0 Å². The topological polar surface area (TPSA) is 88.1 Å². The van der Waals surface area contributed by atoms with Gasteiger partial charge in [0.2, 0.25) is 0 Å². The Morgan fingerprint density at radius 2 is 2.05 bits per heavy atom. The van der Waals surface area contributed by atoms with Crippen molar-refractivity contribution in [2.75, 3.05) is 5.73 Å². The normalized spacial score (nSPS) is 30.6. The van der Waals surface area contributed by atoms with Crippen LogP contribution >= 0.6 is 0 Å². The second-order valence-corrected chi connectivity index (χ2v) is 6.00. The molecule has 3 heterocycles. The van der Waals surface area contributed by atoms with Crippen LogP contribution in [0.5, 0.6) is 0 Å².